The van der Waals surface area contributed by atoms with Gasteiger partial charge in [0, 0.05) is 17.3 Å². The first-order valence-electron chi connectivity index (χ1n) is 8.65. The summed E-state index contributed by atoms with van der Waals surface area (Å²) >= 11 is 6.30. The van der Waals surface area contributed by atoms with E-state index in [0.717, 1.165) is 5.56 Å². The Kier molecular flexibility index (Phi) is 6.98. The maximum absolute atomic E-state index is 12.3. The van der Waals surface area contributed by atoms with Crippen LogP contribution in [-0.4, -0.2) is 31.0 Å². The lowest BCUT2D eigenvalue weighted by Gasteiger charge is -2.12. The summed E-state index contributed by atoms with van der Waals surface area (Å²) in [5.41, 5.74) is 1.44. The van der Waals surface area contributed by atoms with Crippen molar-refractivity contribution in [2.24, 2.45) is 0 Å². The smallest absolute Gasteiger partial charge is 0.264 e. The van der Waals surface area contributed by atoms with E-state index in [2.05, 4.69) is 20.3 Å². The summed E-state index contributed by atoms with van der Waals surface area (Å²) < 4.78 is 32.5. The first-order chi connectivity index (χ1) is 14.3. The number of carbonyl (C=O) groups excluding carboxylic acids is 1. The number of amides is 1. The topological polar surface area (TPSA) is 109 Å². The molecule has 1 aromatic heterocycles. The average molecular weight is 463 g/mol. The van der Waals surface area contributed by atoms with Crippen LogP contribution < -0.4 is 20.1 Å². The number of benzene rings is 2. The zero-order chi connectivity index (χ0) is 21.6. The van der Waals surface area contributed by atoms with Gasteiger partial charge in [0.05, 0.1) is 4.90 Å². The van der Waals surface area contributed by atoms with Gasteiger partial charge in [0.2, 0.25) is 0 Å². The van der Waals surface area contributed by atoms with Gasteiger partial charge in [-0.3, -0.25) is 14.8 Å². The summed E-state index contributed by atoms with van der Waals surface area (Å²) in [5, 5.41) is 7.37. The predicted octanol–water partition coefficient (Wildman–Crippen LogP) is 3.14. The van der Waals surface area contributed by atoms with Crippen LogP contribution in [0.1, 0.15) is 5.56 Å². The van der Waals surface area contributed by atoms with Crippen molar-refractivity contribution in [3.05, 3.63) is 65.7 Å². The fourth-order valence-corrected chi connectivity index (χ4v) is 4.37. The van der Waals surface area contributed by atoms with Gasteiger partial charge in [-0.25, -0.2) is 13.4 Å². The second kappa shape index (κ2) is 9.65. The molecule has 2 aromatic carbocycles. The molecule has 0 spiro atoms. The molecule has 8 nitrogen and oxygen atoms in total. The van der Waals surface area contributed by atoms with Crippen molar-refractivity contribution in [1.29, 1.82) is 0 Å². The number of thiazole rings is 1. The van der Waals surface area contributed by atoms with Crippen molar-refractivity contribution >= 4 is 55.4 Å². The summed E-state index contributed by atoms with van der Waals surface area (Å²) in [5.74, 6) is 0.206. The number of rotatable bonds is 7. The summed E-state index contributed by atoms with van der Waals surface area (Å²) in [6.07, 6.45) is 1.51. The minimum Gasteiger partial charge on any atom is -0.483 e. The molecule has 0 aliphatic rings. The highest BCUT2D eigenvalue weighted by atomic mass is 32.2. The van der Waals surface area contributed by atoms with E-state index in [-0.39, 0.29) is 21.7 Å². The van der Waals surface area contributed by atoms with Crippen LogP contribution in [0.25, 0.3) is 0 Å². The molecule has 11 heteroatoms. The molecular weight excluding hydrogens is 444 g/mol. The van der Waals surface area contributed by atoms with E-state index in [1.165, 1.54) is 29.7 Å². The van der Waals surface area contributed by atoms with E-state index in [9.17, 15) is 13.2 Å². The second-order valence-corrected chi connectivity index (χ2v) is 9.01. The van der Waals surface area contributed by atoms with Gasteiger partial charge in [-0.05, 0) is 55.0 Å². The number of nitrogens with one attached hydrogen (secondary N) is 3. The number of nitrogens with zero attached hydrogens (tertiary/aromatic N) is 1. The summed E-state index contributed by atoms with van der Waals surface area (Å²) in [7, 11) is -3.73. The molecule has 3 rings (SSSR count). The van der Waals surface area contributed by atoms with Crippen LogP contribution in [-0.2, 0) is 14.8 Å². The molecule has 0 aliphatic heterocycles. The highest BCUT2D eigenvalue weighted by molar-refractivity contribution is 7.93. The lowest BCUT2D eigenvalue weighted by atomic mass is 10.2. The SMILES string of the molecule is Cc1ccccc1OCC(=O)NC(=S)Nc1ccc(S(=O)(=O)Nc2nccs2)cc1. The molecule has 3 aromatic rings. The number of aromatic nitrogens is 1. The normalized spacial score (nSPS) is 10.8. The fraction of sp³-hybridized carbons (Fsp3) is 0.105. The van der Waals surface area contributed by atoms with Crippen molar-refractivity contribution in [2.75, 3.05) is 16.6 Å². The summed E-state index contributed by atoms with van der Waals surface area (Å²) in [6.45, 7) is 1.70. The zero-order valence-corrected chi connectivity index (χ0v) is 18.2. The molecule has 1 heterocycles. The van der Waals surface area contributed by atoms with E-state index in [1.54, 1.807) is 23.6 Å². The summed E-state index contributed by atoms with van der Waals surface area (Å²) in [6, 6.07) is 13.3. The van der Waals surface area contributed by atoms with Crippen LogP contribution in [0.4, 0.5) is 10.8 Å². The Morgan fingerprint density at radius 2 is 1.90 bits per heavy atom. The van der Waals surface area contributed by atoms with Gasteiger partial charge in [-0.15, -0.1) is 11.3 Å². The van der Waals surface area contributed by atoms with Gasteiger partial charge in [-0.2, -0.15) is 0 Å². The first-order valence-corrected chi connectivity index (χ1v) is 11.4. The average Bonchev–Trinajstić information content (AvgIpc) is 3.20. The highest BCUT2D eigenvalue weighted by Crippen LogP contribution is 2.19. The molecule has 0 saturated heterocycles. The number of anilines is 2. The molecule has 30 heavy (non-hydrogen) atoms. The van der Waals surface area contributed by atoms with E-state index < -0.39 is 15.9 Å². The number of para-hydroxylation sites is 1. The van der Waals surface area contributed by atoms with Crippen molar-refractivity contribution in [3.63, 3.8) is 0 Å². The molecule has 0 saturated carbocycles. The quantitative estimate of drug-likeness (QED) is 0.463. The Morgan fingerprint density at radius 1 is 1.17 bits per heavy atom. The Labute approximate surface area is 183 Å². The van der Waals surface area contributed by atoms with Crippen LogP contribution in [0, 0.1) is 6.92 Å². The van der Waals surface area contributed by atoms with Gasteiger partial charge < -0.3 is 10.1 Å². The third kappa shape index (κ3) is 5.99. The van der Waals surface area contributed by atoms with Crippen molar-refractivity contribution in [1.82, 2.24) is 10.3 Å². The van der Waals surface area contributed by atoms with E-state index in [0.29, 0.717) is 11.4 Å². The largest absolute Gasteiger partial charge is 0.483 e. The predicted molar refractivity (Wildman–Crippen MR) is 120 cm³/mol. The Balaban J connectivity index is 1.51. The number of hydrogen-bond acceptors (Lipinski definition) is 7. The maximum Gasteiger partial charge on any atom is 0.264 e. The number of thiocarbonyl (C=S) groups is 1. The molecule has 0 bridgehead atoms. The van der Waals surface area contributed by atoms with Gasteiger partial charge >= 0.3 is 0 Å². The lowest BCUT2D eigenvalue weighted by molar-refractivity contribution is -0.121. The number of carbonyl (C=O) groups is 1. The monoisotopic (exact) mass is 462 g/mol. The third-order valence-corrected chi connectivity index (χ3v) is 6.16. The van der Waals surface area contributed by atoms with Gasteiger partial charge in [0.25, 0.3) is 15.9 Å². The van der Waals surface area contributed by atoms with Crippen LogP contribution in [0.2, 0.25) is 0 Å². The highest BCUT2D eigenvalue weighted by Gasteiger charge is 2.15. The molecule has 3 N–H and O–H groups in total. The third-order valence-electron chi connectivity index (χ3n) is 3.78. The van der Waals surface area contributed by atoms with Gasteiger partial charge in [-0.1, -0.05) is 18.2 Å². The van der Waals surface area contributed by atoms with E-state index in [1.807, 2.05) is 25.1 Å². The Hall–Kier alpha value is -3.02. The van der Waals surface area contributed by atoms with Gasteiger partial charge in [0.1, 0.15) is 5.75 Å². The molecule has 0 atom stereocenters. The maximum atomic E-state index is 12.3. The molecular formula is C19H18N4O4S3. The Bertz CT molecular complexity index is 1130. The number of hydrogen-bond donors (Lipinski definition) is 3. The molecule has 156 valence electrons. The Morgan fingerprint density at radius 3 is 2.57 bits per heavy atom. The number of ether oxygens (including phenoxy) is 1. The van der Waals surface area contributed by atoms with Crippen molar-refractivity contribution in [3.8, 4) is 5.75 Å². The van der Waals surface area contributed by atoms with Crippen LogP contribution in [0.3, 0.4) is 0 Å². The van der Waals surface area contributed by atoms with Crippen LogP contribution in [0.5, 0.6) is 5.75 Å². The van der Waals surface area contributed by atoms with E-state index in [4.69, 9.17) is 17.0 Å². The minimum atomic E-state index is -3.73. The lowest BCUT2D eigenvalue weighted by Crippen LogP contribution is -2.37. The minimum absolute atomic E-state index is 0.0739. The van der Waals surface area contributed by atoms with E-state index >= 15 is 0 Å². The molecule has 0 aliphatic carbocycles. The molecule has 0 radical (unpaired) electrons. The zero-order valence-electron chi connectivity index (χ0n) is 15.8. The number of sulfonamides is 1. The summed E-state index contributed by atoms with van der Waals surface area (Å²) in [4.78, 5) is 16.0. The second-order valence-electron chi connectivity index (χ2n) is 6.02. The van der Waals surface area contributed by atoms with Crippen molar-refractivity contribution < 1.29 is 17.9 Å². The van der Waals surface area contributed by atoms with Crippen LogP contribution >= 0.6 is 23.6 Å². The fourth-order valence-electron chi connectivity index (χ4n) is 2.35. The molecule has 0 fully saturated rings. The first kappa shape index (κ1) is 21.7. The number of aryl methyl sites for hydroxylation is 1. The van der Waals surface area contributed by atoms with Gasteiger partial charge in [0.15, 0.2) is 16.9 Å². The van der Waals surface area contributed by atoms with Crippen molar-refractivity contribution in [2.45, 2.75) is 11.8 Å². The molecule has 1 amide bonds. The standard InChI is InChI=1S/C19H18N4O4S3/c1-13-4-2-3-5-16(13)27-12-17(24)22-18(28)21-14-6-8-15(9-7-14)30(25,26)23-19-20-10-11-29-19/h2-11H,12H2,1H3,(H,20,23)(H2,21,22,24,28). The molecule has 0 unspecified atom stereocenters. The van der Waals surface area contributed by atoms with Crippen LogP contribution in [0.15, 0.2) is 65.0 Å².